The molecule has 28 heavy (non-hydrogen) atoms. The van der Waals surface area contributed by atoms with E-state index in [1.165, 1.54) is 31.4 Å². The van der Waals surface area contributed by atoms with Gasteiger partial charge in [-0.2, -0.15) is 0 Å². The van der Waals surface area contributed by atoms with E-state index in [4.69, 9.17) is 0 Å². The number of nitrogens with one attached hydrogen (secondary N) is 1. The Balaban J connectivity index is 1.37. The molecule has 148 valence electrons. The average molecular weight is 379 g/mol. The molecular formula is C23H30N4O. The van der Waals surface area contributed by atoms with Gasteiger partial charge in [0, 0.05) is 37.6 Å². The largest absolute Gasteiger partial charge is 0.372 e. The molecular weight excluding hydrogens is 348 g/mol. The van der Waals surface area contributed by atoms with E-state index in [2.05, 4.69) is 46.4 Å². The van der Waals surface area contributed by atoms with Crippen LogP contribution in [0.3, 0.4) is 0 Å². The van der Waals surface area contributed by atoms with E-state index < -0.39 is 0 Å². The van der Waals surface area contributed by atoms with E-state index in [1.807, 2.05) is 17.0 Å². The third-order valence-electron chi connectivity index (χ3n) is 5.80. The van der Waals surface area contributed by atoms with Gasteiger partial charge in [0.05, 0.1) is 11.9 Å². The van der Waals surface area contributed by atoms with Gasteiger partial charge < -0.3 is 15.1 Å². The standard InChI is InChI=1S/C23H30N4O/c1-18-6-5-15-27(17-18)23(28)22-12-9-20(16-24-22)25-19-7-10-21(11-8-19)26-13-3-2-4-14-26/h7-12,16,18,25H,2-6,13-15,17H2,1H3. The number of pyridine rings is 1. The van der Waals surface area contributed by atoms with E-state index in [0.717, 1.165) is 44.0 Å². The van der Waals surface area contributed by atoms with Gasteiger partial charge in [-0.3, -0.25) is 4.79 Å². The minimum Gasteiger partial charge on any atom is -0.372 e. The molecule has 1 atom stereocenters. The lowest BCUT2D eigenvalue weighted by atomic mass is 10.00. The summed E-state index contributed by atoms with van der Waals surface area (Å²) in [7, 11) is 0. The number of rotatable bonds is 4. The Hall–Kier alpha value is -2.56. The molecule has 1 aromatic carbocycles. The van der Waals surface area contributed by atoms with Crippen LogP contribution in [0, 0.1) is 5.92 Å². The van der Waals surface area contributed by atoms with Gasteiger partial charge >= 0.3 is 0 Å². The summed E-state index contributed by atoms with van der Waals surface area (Å²) in [6, 6.07) is 12.3. The highest BCUT2D eigenvalue weighted by Gasteiger charge is 2.22. The van der Waals surface area contributed by atoms with E-state index in [0.29, 0.717) is 11.6 Å². The van der Waals surface area contributed by atoms with Crippen LogP contribution >= 0.6 is 0 Å². The average Bonchev–Trinajstić information content (AvgIpc) is 2.75. The summed E-state index contributed by atoms with van der Waals surface area (Å²) >= 11 is 0. The highest BCUT2D eigenvalue weighted by molar-refractivity contribution is 5.92. The zero-order valence-electron chi connectivity index (χ0n) is 16.7. The molecule has 5 nitrogen and oxygen atoms in total. The number of likely N-dealkylation sites (tertiary alicyclic amines) is 1. The molecule has 2 fully saturated rings. The quantitative estimate of drug-likeness (QED) is 0.839. The molecule has 2 saturated heterocycles. The van der Waals surface area contributed by atoms with Crippen LogP contribution in [-0.2, 0) is 0 Å². The van der Waals surface area contributed by atoms with Crippen molar-refractivity contribution in [1.82, 2.24) is 9.88 Å². The van der Waals surface area contributed by atoms with Gasteiger partial charge in [-0.15, -0.1) is 0 Å². The Kier molecular flexibility index (Phi) is 5.79. The van der Waals surface area contributed by atoms with Crippen LogP contribution < -0.4 is 10.2 Å². The number of nitrogens with zero attached hydrogens (tertiary/aromatic N) is 3. The smallest absolute Gasteiger partial charge is 0.272 e. The number of benzene rings is 1. The van der Waals surface area contributed by atoms with Gasteiger partial charge in [-0.25, -0.2) is 4.98 Å². The maximum absolute atomic E-state index is 12.6. The molecule has 2 aliphatic rings. The molecule has 5 heteroatoms. The molecule has 0 spiro atoms. The van der Waals surface area contributed by atoms with Crippen LogP contribution in [0.2, 0.25) is 0 Å². The first kappa shape index (κ1) is 18.8. The van der Waals surface area contributed by atoms with Crippen molar-refractivity contribution in [1.29, 1.82) is 0 Å². The molecule has 1 unspecified atom stereocenters. The van der Waals surface area contributed by atoms with Crippen molar-refractivity contribution in [3.8, 4) is 0 Å². The van der Waals surface area contributed by atoms with Crippen molar-refractivity contribution in [2.75, 3.05) is 36.4 Å². The van der Waals surface area contributed by atoms with Crippen molar-refractivity contribution >= 4 is 23.0 Å². The zero-order valence-corrected chi connectivity index (χ0v) is 16.7. The monoisotopic (exact) mass is 378 g/mol. The molecule has 0 bridgehead atoms. The summed E-state index contributed by atoms with van der Waals surface area (Å²) in [5.41, 5.74) is 3.75. The summed E-state index contributed by atoms with van der Waals surface area (Å²) in [4.78, 5) is 21.4. The molecule has 2 aromatic rings. The van der Waals surface area contributed by atoms with Crippen LogP contribution in [0.25, 0.3) is 0 Å². The van der Waals surface area contributed by atoms with Crippen molar-refractivity contribution < 1.29 is 4.79 Å². The third kappa shape index (κ3) is 4.46. The lowest BCUT2D eigenvalue weighted by Crippen LogP contribution is -2.39. The van der Waals surface area contributed by atoms with Crippen molar-refractivity contribution in [3.05, 3.63) is 48.3 Å². The van der Waals surface area contributed by atoms with Gasteiger partial charge in [0.1, 0.15) is 5.69 Å². The second-order valence-electron chi connectivity index (χ2n) is 8.15. The molecule has 2 aliphatic heterocycles. The maximum Gasteiger partial charge on any atom is 0.272 e. The number of anilines is 3. The molecule has 3 heterocycles. The van der Waals surface area contributed by atoms with Crippen LogP contribution in [-0.4, -0.2) is 42.0 Å². The first-order valence-electron chi connectivity index (χ1n) is 10.6. The van der Waals surface area contributed by atoms with Crippen LogP contribution in [0.5, 0.6) is 0 Å². The van der Waals surface area contributed by atoms with Gasteiger partial charge in [0.15, 0.2) is 0 Å². The highest BCUT2D eigenvalue weighted by atomic mass is 16.2. The minimum absolute atomic E-state index is 0.0454. The highest BCUT2D eigenvalue weighted by Crippen LogP contribution is 2.24. The predicted molar refractivity (Wildman–Crippen MR) is 114 cm³/mol. The lowest BCUT2D eigenvalue weighted by molar-refractivity contribution is 0.0677. The number of aromatic nitrogens is 1. The molecule has 1 amide bonds. The number of carbonyl (C=O) groups is 1. The summed E-state index contributed by atoms with van der Waals surface area (Å²) in [5, 5.41) is 3.38. The molecule has 0 radical (unpaired) electrons. The van der Waals surface area contributed by atoms with Gasteiger partial charge in [-0.05, 0) is 74.4 Å². The number of carbonyl (C=O) groups excluding carboxylic acids is 1. The minimum atomic E-state index is 0.0454. The van der Waals surface area contributed by atoms with Crippen molar-refractivity contribution in [3.63, 3.8) is 0 Å². The molecule has 1 aromatic heterocycles. The first-order chi connectivity index (χ1) is 13.7. The Morgan fingerprint density at radius 3 is 2.39 bits per heavy atom. The maximum atomic E-state index is 12.6. The van der Waals surface area contributed by atoms with E-state index in [1.54, 1.807) is 6.20 Å². The van der Waals surface area contributed by atoms with Crippen LogP contribution in [0.15, 0.2) is 42.6 Å². The predicted octanol–water partition coefficient (Wildman–Crippen LogP) is 4.69. The molecule has 0 aliphatic carbocycles. The summed E-state index contributed by atoms with van der Waals surface area (Å²) in [5.74, 6) is 0.621. The Labute approximate surface area is 167 Å². The normalized spacial score (nSPS) is 20.1. The molecule has 0 saturated carbocycles. The van der Waals surface area contributed by atoms with E-state index >= 15 is 0 Å². The Morgan fingerprint density at radius 1 is 0.964 bits per heavy atom. The van der Waals surface area contributed by atoms with Crippen molar-refractivity contribution in [2.45, 2.75) is 39.0 Å². The van der Waals surface area contributed by atoms with Crippen LogP contribution in [0.1, 0.15) is 49.5 Å². The molecule has 1 N–H and O–H groups in total. The fourth-order valence-electron chi connectivity index (χ4n) is 4.20. The fraction of sp³-hybridized carbons (Fsp3) is 0.478. The Morgan fingerprint density at radius 2 is 1.71 bits per heavy atom. The van der Waals surface area contributed by atoms with Gasteiger partial charge in [0.25, 0.3) is 5.91 Å². The second kappa shape index (κ2) is 8.63. The van der Waals surface area contributed by atoms with E-state index in [9.17, 15) is 4.79 Å². The molecule has 4 rings (SSSR count). The van der Waals surface area contributed by atoms with Gasteiger partial charge in [0.2, 0.25) is 0 Å². The van der Waals surface area contributed by atoms with Crippen LogP contribution in [0.4, 0.5) is 17.1 Å². The lowest BCUT2D eigenvalue weighted by Gasteiger charge is -2.30. The fourth-order valence-corrected chi connectivity index (χ4v) is 4.20. The summed E-state index contributed by atoms with van der Waals surface area (Å²) in [6.07, 6.45) is 7.95. The number of hydrogen-bond donors (Lipinski definition) is 1. The number of hydrogen-bond acceptors (Lipinski definition) is 4. The van der Waals surface area contributed by atoms with Crippen molar-refractivity contribution in [2.24, 2.45) is 5.92 Å². The van der Waals surface area contributed by atoms with E-state index in [-0.39, 0.29) is 5.91 Å². The SMILES string of the molecule is CC1CCCN(C(=O)c2ccc(Nc3ccc(N4CCCCC4)cc3)cn2)C1. The first-order valence-corrected chi connectivity index (χ1v) is 10.6. The van der Waals surface area contributed by atoms with Gasteiger partial charge in [-0.1, -0.05) is 6.92 Å². The topological polar surface area (TPSA) is 48.5 Å². The zero-order chi connectivity index (χ0) is 19.3. The second-order valence-corrected chi connectivity index (χ2v) is 8.15. The third-order valence-corrected chi connectivity index (χ3v) is 5.80. The summed E-state index contributed by atoms with van der Waals surface area (Å²) < 4.78 is 0. The Bertz CT molecular complexity index is 781. The number of piperidine rings is 2. The number of amides is 1. The summed E-state index contributed by atoms with van der Waals surface area (Å²) in [6.45, 7) is 6.19.